The van der Waals surface area contributed by atoms with Crippen LogP contribution in [-0.4, -0.2) is 11.8 Å². The lowest BCUT2D eigenvalue weighted by molar-refractivity contribution is 0.554. The van der Waals surface area contributed by atoms with E-state index in [0.717, 1.165) is 11.1 Å². The molecule has 32 heavy (non-hydrogen) atoms. The summed E-state index contributed by atoms with van der Waals surface area (Å²) in [5, 5.41) is 15.7. The zero-order valence-corrected chi connectivity index (χ0v) is 21.6. The molecule has 0 aliphatic carbocycles. The van der Waals surface area contributed by atoms with Gasteiger partial charge in [0, 0.05) is 11.8 Å². The van der Waals surface area contributed by atoms with Gasteiger partial charge in [-0.15, -0.1) is 0 Å². The molecular weight excluding hydrogens is 390 g/mol. The topological polar surface area (TPSA) is 73.7 Å². The molecule has 0 aliphatic heterocycles. The van der Waals surface area contributed by atoms with Crippen LogP contribution in [0, 0.1) is 30.6 Å². The van der Waals surface area contributed by atoms with Gasteiger partial charge in [0.2, 0.25) is 0 Å². The molecule has 176 valence electrons. The maximum Gasteiger partial charge on any atom is 0.0991 e. The van der Waals surface area contributed by atoms with Crippen molar-refractivity contribution in [2.75, 3.05) is 0 Å². The minimum absolute atomic E-state index is 0.463. The Morgan fingerprint density at radius 3 is 1.66 bits per heavy atom. The first kappa shape index (κ1) is 31.5. The predicted molar refractivity (Wildman–Crippen MR) is 143 cm³/mol. The van der Waals surface area contributed by atoms with Crippen molar-refractivity contribution in [3.8, 4) is 6.07 Å². The number of aryl methyl sites for hydroxylation is 2. The van der Waals surface area contributed by atoms with E-state index in [0.29, 0.717) is 11.8 Å². The number of nitriles is 1. The minimum Gasteiger partial charge on any atom is -0.328 e. The summed E-state index contributed by atoms with van der Waals surface area (Å²) in [4.78, 5) is 0. The van der Waals surface area contributed by atoms with Crippen molar-refractivity contribution in [1.29, 1.82) is 10.7 Å². The second kappa shape index (κ2) is 20.2. The number of nitrogens with one attached hydrogen (secondary N) is 1. The Kier molecular flexibility index (Phi) is 19.9. The van der Waals surface area contributed by atoms with Crippen LogP contribution >= 0.6 is 0 Å². The molecule has 0 saturated carbocycles. The van der Waals surface area contributed by atoms with Gasteiger partial charge in [-0.1, -0.05) is 88.1 Å². The van der Waals surface area contributed by atoms with E-state index in [1.807, 2.05) is 58.0 Å². The summed E-state index contributed by atoms with van der Waals surface area (Å²) in [6.45, 7) is 16.2. The third-order valence-corrected chi connectivity index (χ3v) is 4.44. The maximum absolute atomic E-state index is 8.38. The van der Waals surface area contributed by atoms with Crippen molar-refractivity contribution in [3.63, 3.8) is 0 Å². The minimum atomic E-state index is 0.463. The lowest BCUT2D eigenvalue weighted by atomic mass is 10.0. The van der Waals surface area contributed by atoms with Crippen molar-refractivity contribution in [3.05, 3.63) is 76.9 Å². The third kappa shape index (κ3) is 17.0. The molecule has 0 bridgehead atoms. The van der Waals surface area contributed by atoms with Crippen LogP contribution in [0.25, 0.3) is 5.57 Å². The summed E-state index contributed by atoms with van der Waals surface area (Å²) in [5.74, 6) is 0. The Morgan fingerprint density at radius 1 is 0.906 bits per heavy atom. The van der Waals surface area contributed by atoms with Crippen molar-refractivity contribution >= 4 is 11.3 Å². The predicted octanol–water partition coefficient (Wildman–Crippen LogP) is 8.24. The molecule has 0 atom stereocenters. The molecule has 3 N–H and O–H groups in total. The maximum atomic E-state index is 8.38. The van der Waals surface area contributed by atoms with Crippen LogP contribution in [-0.2, 0) is 0 Å². The molecule has 2 rings (SSSR count). The largest absolute Gasteiger partial charge is 0.328 e. The quantitative estimate of drug-likeness (QED) is 0.448. The van der Waals surface area contributed by atoms with Crippen LogP contribution in [0.2, 0.25) is 0 Å². The van der Waals surface area contributed by atoms with Crippen LogP contribution in [0.1, 0.15) is 89.5 Å². The number of nitrogens with two attached hydrogens (primary N) is 1. The molecule has 3 heteroatoms. The summed E-state index contributed by atoms with van der Waals surface area (Å²) in [6.07, 6.45) is 6.70. The Hall–Kier alpha value is -2.70. The lowest BCUT2D eigenvalue weighted by Gasteiger charge is -2.05. The Balaban J connectivity index is 0. The summed E-state index contributed by atoms with van der Waals surface area (Å²) < 4.78 is 0. The first-order valence-corrected chi connectivity index (χ1v) is 11.8. The molecule has 2 aromatic carbocycles. The molecule has 0 heterocycles. The van der Waals surface area contributed by atoms with Gasteiger partial charge in [-0.3, -0.25) is 0 Å². The van der Waals surface area contributed by atoms with E-state index in [4.69, 9.17) is 16.4 Å². The zero-order chi connectivity index (χ0) is 24.9. The third-order valence-electron chi connectivity index (χ3n) is 4.44. The molecular formula is C29H45N3. The molecule has 0 aromatic heterocycles. The smallest absolute Gasteiger partial charge is 0.0991 e. The highest BCUT2D eigenvalue weighted by molar-refractivity contribution is 5.96. The number of allylic oxidation sites excluding steroid dienone is 2. The lowest BCUT2D eigenvalue weighted by Crippen LogP contribution is -2.18. The van der Waals surface area contributed by atoms with Crippen molar-refractivity contribution in [2.24, 2.45) is 5.73 Å². The standard InChI is InChI=1S/C12H15N.C8H7N.C7H17N.C2H6/c1-9-4-6-12(7-5-9)10(2)8-11(3)13;1-7-2-4-8(6-9)5-3-7;1-3-5-7(8)6-4-2;1-2/h4-8,13H,1-3H3;2-5H,1H3;7H,3-6,8H2,1-2H3;1-2H3/b10-8+,13-11?;;;. The Bertz CT molecular complexity index is 788. The van der Waals surface area contributed by atoms with Gasteiger partial charge < -0.3 is 11.1 Å². The summed E-state index contributed by atoms with van der Waals surface area (Å²) in [5.41, 5.74) is 11.8. The van der Waals surface area contributed by atoms with E-state index in [1.165, 1.54) is 42.4 Å². The van der Waals surface area contributed by atoms with Gasteiger partial charge in [0.05, 0.1) is 11.6 Å². The second-order valence-electron chi connectivity index (χ2n) is 7.69. The summed E-state index contributed by atoms with van der Waals surface area (Å²) in [6, 6.07) is 18.4. The first-order chi connectivity index (χ1) is 15.2. The van der Waals surface area contributed by atoms with E-state index in [1.54, 1.807) is 6.92 Å². The van der Waals surface area contributed by atoms with Crippen LogP contribution in [0.3, 0.4) is 0 Å². The highest BCUT2D eigenvalue weighted by Crippen LogP contribution is 2.14. The van der Waals surface area contributed by atoms with Gasteiger partial charge >= 0.3 is 0 Å². The van der Waals surface area contributed by atoms with Crippen LogP contribution in [0.4, 0.5) is 0 Å². The van der Waals surface area contributed by atoms with E-state index < -0.39 is 0 Å². The number of hydrogen-bond donors (Lipinski definition) is 2. The van der Waals surface area contributed by atoms with Gasteiger partial charge in [0.15, 0.2) is 0 Å². The molecule has 0 radical (unpaired) electrons. The van der Waals surface area contributed by atoms with Gasteiger partial charge in [-0.25, -0.2) is 0 Å². The van der Waals surface area contributed by atoms with E-state index in [-0.39, 0.29) is 0 Å². The fourth-order valence-electron chi connectivity index (χ4n) is 2.74. The Morgan fingerprint density at radius 2 is 1.31 bits per heavy atom. The number of rotatable bonds is 6. The van der Waals surface area contributed by atoms with Crippen LogP contribution in [0.5, 0.6) is 0 Å². The van der Waals surface area contributed by atoms with Crippen molar-refractivity contribution in [1.82, 2.24) is 0 Å². The molecule has 0 amide bonds. The fraction of sp³-hybridized carbons (Fsp3) is 0.448. The molecule has 0 spiro atoms. The molecule has 0 aliphatic rings. The zero-order valence-electron chi connectivity index (χ0n) is 21.6. The molecule has 0 saturated heterocycles. The fourth-order valence-corrected chi connectivity index (χ4v) is 2.74. The van der Waals surface area contributed by atoms with Crippen LogP contribution in [0.15, 0.2) is 54.6 Å². The first-order valence-electron chi connectivity index (χ1n) is 11.8. The molecule has 3 nitrogen and oxygen atoms in total. The highest BCUT2D eigenvalue weighted by atomic mass is 14.6. The average Bonchev–Trinajstić information content (AvgIpc) is 2.77. The highest BCUT2D eigenvalue weighted by Gasteiger charge is 1.96. The van der Waals surface area contributed by atoms with Gasteiger partial charge in [0.1, 0.15) is 0 Å². The molecule has 0 unspecified atom stereocenters. The summed E-state index contributed by atoms with van der Waals surface area (Å²) in [7, 11) is 0. The number of nitrogens with zero attached hydrogens (tertiary/aromatic N) is 1. The van der Waals surface area contributed by atoms with Crippen LogP contribution < -0.4 is 5.73 Å². The Labute approximate surface area is 197 Å². The van der Waals surface area contributed by atoms with E-state index >= 15 is 0 Å². The number of hydrogen-bond acceptors (Lipinski definition) is 3. The SMILES string of the molecule is CC.CC(=N)/C=C(\C)c1ccc(C)cc1.CCCC(N)CCC.Cc1ccc(C#N)cc1. The van der Waals surface area contributed by atoms with Crippen molar-refractivity contribution in [2.45, 2.75) is 87.1 Å². The normalized spacial score (nSPS) is 9.84. The number of benzene rings is 2. The molecule has 0 fully saturated rings. The van der Waals surface area contributed by atoms with E-state index in [9.17, 15) is 0 Å². The van der Waals surface area contributed by atoms with Gasteiger partial charge in [0.25, 0.3) is 0 Å². The molecule has 2 aromatic rings. The van der Waals surface area contributed by atoms with E-state index in [2.05, 4.69) is 51.1 Å². The van der Waals surface area contributed by atoms with Crippen molar-refractivity contribution < 1.29 is 0 Å². The average molecular weight is 436 g/mol. The van der Waals surface area contributed by atoms with Gasteiger partial charge in [-0.2, -0.15) is 5.26 Å². The monoisotopic (exact) mass is 435 g/mol. The summed E-state index contributed by atoms with van der Waals surface area (Å²) >= 11 is 0. The second-order valence-corrected chi connectivity index (χ2v) is 7.69. The van der Waals surface area contributed by atoms with Gasteiger partial charge in [-0.05, 0) is 69.9 Å².